The van der Waals surface area contributed by atoms with Crippen LogP contribution in [-0.2, 0) is 16.0 Å². The van der Waals surface area contributed by atoms with E-state index in [1.807, 2.05) is 4.90 Å². The standard InChI is InChI=1S/C19H28N2O3/c22-13-10-20(9-8-19(23)21-11-14-24-15-12-21)18-7-3-5-16-4-1-2-6-17(16)18/h1-2,4,6,18,22H,3,5,7-15H2/t18-/m0/s1. The van der Waals surface area contributed by atoms with Crippen LogP contribution in [-0.4, -0.2) is 66.8 Å². The van der Waals surface area contributed by atoms with E-state index in [-0.39, 0.29) is 12.5 Å². The lowest BCUT2D eigenvalue weighted by molar-refractivity contribution is -0.135. The first kappa shape index (κ1) is 17.4. The second-order valence-corrected chi connectivity index (χ2v) is 6.61. The lowest BCUT2D eigenvalue weighted by Gasteiger charge is -2.36. The zero-order valence-corrected chi connectivity index (χ0v) is 14.3. The average Bonchev–Trinajstić information content (AvgIpc) is 2.65. The van der Waals surface area contributed by atoms with E-state index in [9.17, 15) is 9.90 Å². The summed E-state index contributed by atoms with van der Waals surface area (Å²) >= 11 is 0. The quantitative estimate of drug-likeness (QED) is 0.860. The first-order valence-corrected chi connectivity index (χ1v) is 9.08. The minimum absolute atomic E-state index is 0.129. The molecule has 1 N–H and O–H groups in total. The van der Waals surface area contributed by atoms with Gasteiger partial charge in [-0.25, -0.2) is 0 Å². The Kier molecular flexibility index (Phi) is 6.24. The van der Waals surface area contributed by atoms with Gasteiger partial charge in [0.05, 0.1) is 19.8 Å². The van der Waals surface area contributed by atoms with E-state index >= 15 is 0 Å². The van der Waals surface area contributed by atoms with Crippen LogP contribution in [0, 0.1) is 0 Å². The maximum atomic E-state index is 12.4. The Morgan fingerprint density at radius 3 is 2.83 bits per heavy atom. The fourth-order valence-electron chi connectivity index (χ4n) is 3.87. The molecule has 1 atom stereocenters. The molecular weight excluding hydrogens is 304 g/mol. The number of benzene rings is 1. The molecule has 1 saturated heterocycles. The molecule has 0 bridgehead atoms. The number of aliphatic hydroxyl groups excluding tert-OH is 1. The molecule has 132 valence electrons. The fourth-order valence-corrected chi connectivity index (χ4v) is 3.87. The van der Waals surface area contributed by atoms with Gasteiger partial charge in [-0.3, -0.25) is 9.69 Å². The van der Waals surface area contributed by atoms with Gasteiger partial charge in [0.15, 0.2) is 0 Å². The number of aryl methyl sites for hydroxylation is 1. The van der Waals surface area contributed by atoms with Crippen molar-refractivity contribution in [3.05, 3.63) is 35.4 Å². The summed E-state index contributed by atoms with van der Waals surface area (Å²) in [6.45, 7) is 4.13. The van der Waals surface area contributed by atoms with Gasteiger partial charge in [-0.15, -0.1) is 0 Å². The summed E-state index contributed by atoms with van der Waals surface area (Å²) in [6, 6.07) is 8.91. The van der Waals surface area contributed by atoms with E-state index in [1.165, 1.54) is 17.5 Å². The topological polar surface area (TPSA) is 53.0 Å². The van der Waals surface area contributed by atoms with Gasteiger partial charge in [-0.1, -0.05) is 24.3 Å². The third-order valence-corrected chi connectivity index (χ3v) is 5.14. The number of hydrogen-bond donors (Lipinski definition) is 1. The average molecular weight is 332 g/mol. The number of morpholine rings is 1. The second kappa shape index (κ2) is 8.60. The predicted octanol–water partition coefficient (Wildman–Crippen LogP) is 1.61. The van der Waals surface area contributed by atoms with Crippen molar-refractivity contribution in [1.29, 1.82) is 0 Å². The van der Waals surface area contributed by atoms with Crippen molar-refractivity contribution in [2.75, 3.05) is 46.0 Å². The smallest absolute Gasteiger partial charge is 0.224 e. The highest BCUT2D eigenvalue weighted by atomic mass is 16.5. The second-order valence-electron chi connectivity index (χ2n) is 6.61. The van der Waals surface area contributed by atoms with Crippen molar-refractivity contribution >= 4 is 5.91 Å². The number of nitrogens with zero attached hydrogens (tertiary/aromatic N) is 2. The summed E-state index contributed by atoms with van der Waals surface area (Å²) in [7, 11) is 0. The molecule has 1 aromatic carbocycles. The maximum absolute atomic E-state index is 12.4. The van der Waals surface area contributed by atoms with Crippen LogP contribution in [0.2, 0.25) is 0 Å². The fraction of sp³-hybridized carbons (Fsp3) is 0.632. The molecule has 0 unspecified atom stereocenters. The molecule has 0 aromatic heterocycles. The summed E-state index contributed by atoms with van der Waals surface area (Å²) < 4.78 is 5.31. The lowest BCUT2D eigenvalue weighted by Crippen LogP contribution is -2.43. The Hall–Kier alpha value is -1.43. The summed E-state index contributed by atoms with van der Waals surface area (Å²) in [6.07, 6.45) is 3.91. The first-order chi connectivity index (χ1) is 11.8. The molecule has 2 aliphatic rings. The molecule has 1 amide bonds. The number of hydrogen-bond acceptors (Lipinski definition) is 4. The van der Waals surface area contributed by atoms with Crippen LogP contribution in [0.15, 0.2) is 24.3 Å². The van der Waals surface area contributed by atoms with E-state index in [0.717, 1.165) is 12.8 Å². The molecule has 1 heterocycles. The normalized spacial score (nSPS) is 20.9. The van der Waals surface area contributed by atoms with Crippen LogP contribution in [0.25, 0.3) is 0 Å². The monoisotopic (exact) mass is 332 g/mol. The molecule has 1 fully saturated rings. The number of ether oxygens (including phenoxy) is 1. The van der Waals surface area contributed by atoms with Gasteiger partial charge in [0.2, 0.25) is 5.91 Å². The van der Waals surface area contributed by atoms with Gasteiger partial charge >= 0.3 is 0 Å². The van der Waals surface area contributed by atoms with Crippen LogP contribution < -0.4 is 0 Å². The van der Waals surface area contributed by atoms with Gasteiger partial charge in [-0.05, 0) is 30.4 Å². The molecule has 0 saturated carbocycles. The van der Waals surface area contributed by atoms with Crippen LogP contribution in [0.3, 0.4) is 0 Å². The third-order valence-electron chi connectivity index (χ3n) is 5.14. The van der Waals surface area contributed by atoms with E-state index in [4.69, 9.17) is 4.74 Å². The van der Waals surface area contributed by atoms with E-state index in [0.29, 0.717) is 51.9 Å². The SMILES string of the molecule is O=C(CCN(CCO)[C@H]1CCCc2ccccc21)N1CCOCC1. The van der Waals surface area contributed by atoms with Gasteiger partial charge < -0.3 is 14.7 Å². The van der Waals surface area contributed by atoms with E-state index < -0.39 is 0 Å². The zero-order valence-electron chi connectivity index (χ0n) is 14.3. The van der Waals surface area contributed by atoms with Crippen LogP contribution in [0.5, 0.6) is 0 Å². The van der Waals surface area contributed by atoms with Crippen LogP contribution in [0.1, 0.15) is 36.4 Å². The van der Waals surface area contributed by atoms with Crippen molar-refractivity contribution < 1.29 is 14.6 Å². The largest absolute Gasteiger partial charge is 0.395 e. The molecule has 1 aromatic rings. The predicted molar refractivity (Wildman–Crippen MR) is 92.8 cm³/mol. The minimum atomic E-state index is 0.129. The summed E-state index contributed by atoms with van der Waals surface area (Å²) in [5, 5.41) is 9.48. The Balaban J connectivity index is 1.63. The van der Waals surface area contributed by atoms with Gasteiger partial charge in [0, 0.05) is 38.6 Å². The van der Waals surface area contributed by atoms with Gasteiger partial charge in [0.25, 0.3) is 0 Å². The van der Waals surface area contributed by atoms with Crippen molar-refractivity contribution in [2.45, 2.75) is 31.7 Å². The van der Waals surface area contributed by atoms with Crippen molar-refractivity contribution in [2.24, 2.45) is 0 Å². The molecular formula is C19H28N2O3. The summed E-state index contributed by atoms with van der Waals surface area (Å²) in [5.74, 6) is 0.199. The van der Waals surface area contributed by atoms with Crippen molar-refractivity contribution in [1.82, 2.24) is 9.80 Å². The Labute approximate surface area is 144 Å². The Morgan fingerprint density at radius 1 is 1.25 bits per heavy atom. The van der Waals surface area contributed by atoms with E-state index in [1.54, 1.807) is 0 Å². The van der Waals surface area contributed by atoms with Crippen molar-refractivity contribution in [3.8, 4) is 0 Å². The molecule has 0 radical (unpaired) electrons. The number of rotatable bonds is 6. The third kappa shape index (κ3) is 4.15. The maximum Gasteiger partial charge on any atom is 0.224 e. The molecule has 24 heavy (non-hydrogen) atoms. The molecule has 1 aliphatic carbocycles. The first-order valence-electron chi connectivity index (χ1n) is 9.08. The Morgan fingerprint density at radius 2 is 2.04 bits per heavy atom. The number of carbonyl (C=O) groups is 1. The molecule has 1 aliphatic heterocycles. The highest BCUT2D eigenvalue weighted by molar-refractivity contribution is 5.76. The molecule has 3 rings (SSSR count). The zero-order chi connectivity index (χ0) is 16.8. The highest BCUT2D eigenvalue weighted by Gasteiger charge is 2.26. The molecule has 0 spiro atoms. The van der Waals surface area contributed by atoms with Crippen LogP contribution in [0.4, 0.5) is 0 Å². The lowest BCUT2D eigenvalue weighted by atomic mass is 9.86. The molecule has 5 heteroatoms. The summed E-state index contributed by atoms with van der Waals surface area (Å²) in [5.41, 5.74) is 2.78. The van der Waals surface area contributed by atoms with Gasteiger partial charge in [0.1, 0.15) is 0 Å². The van der Waals surface area contributed by atoms with Gasteiger partial charge in [-0.2, -0.15) is 0 Å². The van der Waals surface area contributed by atoms with E-state index in [2.05, 4.69) is 29.2 Å². The molecule has 5 nitrogen and oxygen atoms in total. The summed E-state index contributed by atoms with van der Waals surface area (Å²) in [4.78, 5) is 16.6. The number of carbonyl (C=O) groups excluding carboxylic acids is 1. The highest BCUT2D eigenvalue weighted by Crippen LogP contribution is 2.34. The van der Waals surface area contributed by atoms with Crippen LogP contribution >= 0.6 is 0 Å². The number of fused-ring (bicyclic) bond motifs is 1. The number of aliphatic hydroxyl groups is 1. The van der Waals surface area contributed by atoms with Crippen molar-refractivity contribution in [3.63, 3.8) is 0 Å². The number of amides is 1. The minimum Gasteiger partial charge on any atom is -0.395 e. The Bertz CT molecular complexity index is 543.